The highest BCUT2D eigenvalue weighted by Crippen LogP contribution is 2.66. The fraction of sp³-hybridized carbons (Fsp3) is 0.654. The Morgan fingerprint density at radius 3 is 2.71 bits per heavy atom. The summed E-state index contributed by atoms with van der Waals surface area (Å²) in [5.41, 5.74) is 2.67. The molecule has 2 heteroatoms. The highest BCUT2D eigenvalue weighted by Gasteiger charge is 2.60. The number of carbonyl (C=O) groups is 1. The highest BCUT2D eigenvalue weighted by molar-refractivity contribution is 9.10. The van der Waals surface area contributed by atoms with Crippen molar-refractivity contribution in [3.05, 3.63) is 39.9 Å². The van der Waals surface area contributed by atoms with Crippen LogP contribution in [0.15, 0.2) is 34.3 Å². The number of fused-ring (bicyclic) bond motifs is 5. The third-order valence-electron chi connectivity index (χ3n) is 9.41. The molecule has 0 N–H and O–H groups in total. The fourth-order valence-corrected chi connectivity index (χ4v) is 8.31. The van der Waals surface area contributed by atoms with Crippen molar-refractivity contribution in [3.63, 3.8) is 0 Å². The maximum Gasteiger partial charge on any atom is 0.165 e. The molecular formula is C26H33BrO. The summed E-state index contributed by atoms with van der Waals surface area (Å²) in [5.74, 6) is 3.57. The number of carbonyl (C=O) groups excluding carboxylic acids is 1. The summed E-state index contributed by atoms with van der Waals surface area (Å²) >= 11 is 3.57. The molecule has 28 heavy (non-hydrogen) atoms. The molecule has 0 amide bonds. The van der Waals surface area contributed by atoms with E-state index in [1.165, 1.54) is 44.9 Å². The molecule has 0 saturated heterocycles. The molecule has 5 rings (SSSR count). The van der Waals surface area contributed by atoms with Crippen molar-refractivity contribution in [1.29, 1.82) is 0 Å². The lowest BCUT2D eigenvalue weighted by atomic mass is 9.45. The van der Waals surface area contributed by atoms with Crippen LogP contribution < -0.4 is 0 Å². The molecule has 1 aromatic carbocycles. The smallest absolute Gasteiger partial charge is 0.165 e. The first-order valence-electron chi connectivity index (χ1n) is 11.4. The Kier molecular flexibility index (Phi) is 4.66. The number of rotatable bonds is 1. The van der Waals surface area contributed by atoms with Gasteiger partial charge in [-0.25, -0.2) is 0 Å². The van der Waals surface area contributed by atoms with Crippen molar-refractivity contribution in [2.75, 3.05) is 0 Å². The van der Waals surface area contributed by atoms with Gasteiger partial charge in [0.05, 0.1) is 0 Å². The van der Waals surface area contributed by atoms with Crippen LogP contribution in [0.1, 0.15) is 77.2 Å². The molecule has 4 saturated carbocycles. The lowest BCUT2D eigenvalue weighted by Gasteiger charge is -2.59. The molecule has 0 bridgehead atoms. The highest BCUT2D eigenvalue weighted by atomic mass is 79.9. The van der Waals surface area contributed by atoms with E-state index in [1.807, 2.05) is 6.07 Å². The third kappa shape index (κ3) is 2.81. The Morgan fingerprint density at radius 2 is 1.89 bits per heavy atom. The summed E-state index contributed by atoms with van der Waals surface area (Å²) in [5, 5.41) is 0. The first kappa shape index (κ1) is 19.1. The monoisotopic (exact) mass is 440 g/mol. The maximum absolute atomic E-state index is 13.5. The van der Waals surface area contributed by atoms with E-state index in [-0.39, 0.29) is 5.41 Å². The summed E-state index contributed by atoms with van der Waals surface area (Å²) in [6, 6.07) is 8.35. The van der Waals surface area contributed by atoms with Crippen LogP contribution in [0.25, 0.3) is 6.08 Å². The molecular weight excluding hydrogens is 408 g/mol. The summed E-state index contributed by atoms with van der Waals surface area (Å²) in [7, 11) is 0. The van der Waals surface area contributed by atoms with Gasteiger partial charge in [0.1, 0.15) is 0 Å². The predicted octanol–water partition coefficient (Wildman–Crippen LogP) is 7.44. The first-order valence-corrected chi connectivity index (χ1v) is 12.2. The van der Waals surface area contributed by atoms with Gasteiger partial charge in [0, 0.05) is 9.89 Å². The van der Waals surface area contributed by atoms with Gasteiger partial charge in [0.2, 0.25) is 0 Å². The van der Waals surface area contributed by atoms with Crippen molar-refractivity contribution in [3.8, 4) is 0 Å². The van der Waals surface area contributed by atoms with Gasteiger partial charge in [-0.2, -0.15) is 0 Å². The van der Waals surface area contributed by atoms with Crippen molar-refractivity contribution in [2.45, 2.75) is 71.6 Å². The molecule has 1 aromatic rings. The summed E-state index contributed by atoms with van der Waals surface area (Å²) < 4.78 is 1.08. The number of halogens is 1. The molecule has 150 valence electrons. The number of hydrogen-bond acceptors (Lipinski definition) is 1. The minimum Gasteiger partial charge on any atom is -0.294 e. The molecule has 1 nitrogen and oxygen atoms in total. The Morgan fingerprint density at radius 1 is 1.04 bits per heavy atom. The zero-order valence-corrected chi connectivity index (χ0v) is 18.9. The average molecular weight is 441 g/mol. The van der Waals surface area contributed by atoms with Crippen LogP contribution in [0.4, 0.5) is 0 Å². The average Bonchev–Trinajstić information content (AvgIpc) is 2.92. The Labute approximate surface area is 178 Å². The van der Waals surface area contributed by atoms with Crippen LogP contribution in [0.5, 0.6) is 0 Å². The standard InChI is InChI=1S/C26H33BrO/c1-25-12-4-3-7-19(25)9-10-21-22(25)11-13-26(2)23(21)16-18(24(26)28)14-17-6-5-8-20(27)15-17/h5-6,8,14-15,19,21-23H,3-4,7,9-13,16H2,1-2H3. The van der Waals surface area contributed by atoms with Crippen LogP contribution in [0.2, 0.25) is 0 Å². The van der Waals surface area contributed by atoms with Gasteiger partial charge in [-0.3, -0.25) is 4.79 Å². The van der Waals surface area contributed by atoms with E-state index in [4.69, 9.17) is 0 Å². The Balaban J connectivity index is 1.46. The van der Waals surface area contributed by atoms with E-state index in [2.05, 4.69) is 54.1 Å². The Bertz CT molecular complexity index is 825. The van der Waals surface area contributed by atoms with Gasteiger partial charge in [-0.05, 0) is 103 Å². The van der Waals surface area contributed by atoms with Crippen LogP contribution in [0, 0.1) is 34.5 Å². The lowest BCUT2D eigenvalue weighted by Crippen LogP contribution is -2.52. The van der Waals surface area contributed by atoms with E-state index in [0.29, 0.717) is 17.1 Å². The molecule has 0 radical (unpaired) electrons. The molecule has 0 heterocycles. The molecule has 6 unspecified atom stereocenters. The quantitative estimate of drug-likeness (QED) is 0.414. The maximum atomic E-state index is 13.5. The number of allylic oxidation sites excluding steroid dienone is 1. The van der Waals surface area contributed by atoms with Crippen molar-refractivity contribution in [1.82, 2.24) is 0 Å². The number of ketones is 1. The Hall–Kier alpha value is -0.890. The van der Waals surface area contributed by atoms with Crippen molar-refractivity contribution < 1.29 is 4.79 Å². The minimum absolute atomic E-state index is 0.114. The van der Waals surface area contributed by atoms with E-state index in [0.717, 1.165) is 46.2 Å². The zero-order chi connectivity index (χ0) is 19.5. The van der Waals surface area contributed by atoms with Crippen LogP contribution in [-0.4, -0.2) is 5.78 Å². The zero-order valence-electron chi connectivity index (χ0n) is 17.3. The van der Waals surface area contributed by atoms with E-state index < -0.39 is 0 Å². The van der Waals surface area contributed by atoms with Gasteiger partial charge >= 0.3 is 0 Å². The van der Waals surface area contributed by atoms with Crippen LogP contribution >= 0.6 is 15.9 Å². The first-order chi connectivity index (χ1) is 13.4. The van der Waals surface area contributed by atoms with E-state index >= 15 is 0 Å². The van der Waals surface area contributed by atoms with Gasteiger partial charge in [0.25, 0.3) is 0 Å². The van der Waals surface area contributed by atoms with Crippen LogP contribution in [-0.2, 0) is 4.79 Å². The molecule has 4 aliphatic carbocycles. The number of benzene rings is 1. The summed E-state index contributed by atoms with van der Waals surface area (Å²) in [4.78, 5) is 13.5. The molecule has 4 aliphatic rings. The summed E-state index contributed by atoms with van der Waals surface area (Å²) in [6.07, 6.45) is 14.1. The van der Waals surface area contributed by atoms with Gasteiger partial charge in [-0.1, -0.05) is 54.8 Å². The number of Topliss-reactive ketones (excluding diaryl/α,β-unsaturated/α-hetero) is 1. The summed E-state index contributed by atoms with van der Waals surface area (Å²) in [6.45, 7) is 4.92. The van der Waals surface area contributed by atoms with Crippen LogP contribution in [0.3, 0.4) is 0 Å². The van der Waals surface area contributed by atoms with Crippen molar-refractivity contribution >= 4 is 27.8 Å². The van der Waals surface area contributed by atoms with Crippen molar-refractivity contribution in [2.24, 2.45) is 34.5 Å². The minimum atomic E-state index is -0.114. The SMILES string of the molecule is CC12CCC3C(CCC4CCCCC43C)C1CC(=Cc1cccc(Br)c1)C2=O. The fourth-order valence-electron chi connectivity index (χ4n) is 7.89. The molecule has 0 spiro atoms. The molecule has 0 aromatic heterocycles. The van der Waals surface area contributed by atoms with E-state index in [9.17, 15) is 4.79 Å². The second-order valence-electron chi connectivity index (χ2n) is 10.6. The second kappa shape index (κ2) is 6.83. The van der Waals surface area contributed by atoms with E-state index in [1.54, 1.807) is 0 Å². The second-order valence-corrected chi connectivity index (χ2v) is 11.5. The largest absolute Gasteiger partial charge is 0.294 e. The van der Waals surface area contributed by atoms with Gasteiger partial charge in [0.15, 0.2) is 5.78 Å². The third-order valence-corrected chi connectivity index (χ3v) is 9.91. The normalized spacial score (nSPS) is 44.1. The lowest BCUT2D eigenvalue weighted by molar-refractivity contribution is -0.137. The van der Waals surface area contributed by atoms with Gasteiger partial charge in [-0.15, -0.1) is 0 Å². The topological polar surface area (TPSA) is 17.1 Å². The predicted molar refractivity (Wildman–Crippen MR) is 119 cm³/mol. The molecule has 6 atom stereocenters. The molecule has 4 fully saturated rings. The number of hydrogen-bond donors (Lipinski definition) is 0. The van der Waals surface area contributed by atoms with Gasteiger partial charge < -0.3 is 0 Å². The molecule has 0 aliphatic heterocycles.